The van der Waals surface area contributed by atoms with Gasteiger partial charge >= 0.3 is 5.97 Å². The molecule has 0 unspecified atom stereocenters. The average molecular weight is 498 g/mol. The summed E-state index contributed by atoms with van der Waals surface area (Å²) in [6.45, 7) is 1.42. The van der Waals surface area contributed by atoms with E-state index in [1.165, 1.54) is 29.1 Å². The number of thiazole rings is 1. The van der Waals surface area contributed by atoms with Gasteiger partial charge in [-0.05, 0) is 32.1 Å². The lowest BCUT2D eigenvalue weighted by Crippen LogP contribution is -2.02. The molecule has 3 aromatic rings. The third-order valence-corrected chi connectivity index (χ3v) is 6.29. The molecule has 0 radical (unpaired) electrons. The van der Waals surface area contributed by atoms with Crippen LogP contribution in [0.15, 0.2) is 22.3 Å². The van der Waals surface area contributed by atoms with Crippen LogP contribution in [0.4, 0.5) is 0 Å². The van der Waals surface area contributed by atoms with E-state index in [0.717, 1.165) is 43.4 Å². The van der Waals surface area contributed by atoms with Crippen molar-refractivity contribution in [1.82, 2.24) is 15.1 Å². The molecule has 1 aliphatic carbocycles. The molecule has 1 N–H and O–H groups in total. The van der Waals surface area contributed by atoms with Crippen molar-refractivity contribution in [2.24, 2.45) is 0 Å². The molecule has 1 aliphatic rings. The molecule has 3 heterocycles. The van der Waals surface area contributed by atoms with Gasteiger partial charge in [0.15, 0.2) is 5.69 Å². The lowest BCUT2D eigenvalue weighted by atomic mass is 10.1. The Kier molecular flexibility index (Phi) is 7.62. The van der Waals surface area contributed by atoms with Gasteiger partial charge in [-0.25, -0.2) is 4.79 Å². The third kappa shape index (κ3) is 5.58. The number of halogens is 2. The van der Waals surface area contributed by atoms with Crippen LogP contribution in [0.5, 0.6) is 5.19 Å². The number of aromatic nitrogens is 3. The Labute approximate surface area is 198 Å². The van der Waals surface area contributed by atoms with Gasteiger partial charge in [0.1, 0.15) is 11.5 Å². The summed E-state index contributed by atoms with van der Waals surface area (Å²) in [5.41, 5.74) is 2.13. The molecular formula is C21H21Cl2N3O5S. The van der Waals surface area contributed by atoms with Crippen molar-refractivity contribution in [3.05, 3.63) is 44.8 Å². The van der Waals surface area contributed by atoms with Crippen LogP contribution < -0.4 is 4.74 Å². The van der Waals surface area contributed by atoms with Crippen LogP contribution >= 0.6 is 34.5 Å². The summed E-state index contributed by atoms with van der Waals surface area (Å²) in [5, 5.41) is 15.8. The second-order valence-corrected chi connectivity index (χ2v) is 9.03. The molecule has 1 fully saturated rings. The Hall–Kier alpha value is -2.20. The van der Waals surface area contributed by atoms with Crippen molar-refractivity contribution < 1.29 is 23.9 Å². The minimum absolute atomic E-state index is 0.00594. The second kappa shape index (κ2) is 10.6. The Morgan fingerprint density at radius 3 is 2.62 bits per heavy atom. The van der Waals surface area contributed by atoms with E-state index in [4.69, 9.17) is 42.3 Å². The summed E-state index contributed by atoms with van der Waals surface area (Å²) in [6, 6.07) is 0. The molecule has 11 heteroatoms. The molecule has 0 aliphatic heterocycles. The third-order valence-electron chi connectivity index (χ3n) is 4.96. The van der Waals surface area contributed by atoms with Gasteiger partial charge in [-0.2, -0.15) is 4.98 Å². The van der Waals surface area contributed by atoms with Crippen LogP contribution in [0.1, 0.15) is 59.8 Å². The number of carboxylic acid groups (broad SMARTS) is 1. The molecule has 4 rings (SSSR count). The molecule has 0 aromatic carbocycles. The van der Waals surface area contributed by atoms with Crippen molar-refractivity contribution in [2.75, 3.05) is 13.2 Å². The average Bonchev–Trinajstić information content (AvgIpc) is 3.34. The largest absolute Gasteiger partial charge is 0.476 e. The molecule has 0 spiro atoms. The normalized spacial score (nSPS) is 13.4. The number of rotatable bonds is 12. The molecule has 32 heavy (non-hydrogen) atoms. The fraction of sp³-hybridized carbons (Fsp3) is 0.429. The lowest BCUT2D eigenvalue weighted by molar-refractivity contribution is 0.0690. The molecule has 3 aromatic heterocycles. The zero-order valence-corrected chi connectivity index (χ0v) is 19.4. The van der Waals surface area contributed by atoms with Gasteiger partial charge in [-0.15, -0.1) is 0 Å². The van der Waals surface area contributed by atoms with E-state index in [2.05, 4.69) is 15.1 Å². The summed E-state index contributed by atoms with van der Waals surface area (Å²) in [6.07, 6.45) is 7.81. The molecule has 8 nitrogen and oxygen atoms in total. The van der Waals surface area contributed by atoms with E-state index in [1.54, 1.807) is 0 Å². The van der Waals surface area contributed by atoms with Crippen molar-refractivity contribution >= 4 is 40.5 Å². The predicted molar refractivity (Wildman–Crippen MR) is 120 cm³/mol. The maximum Gasteiger partial charge on any atom is 0.355 e. The first-order chi connectivity index (χ1) is 15.5. The van der Waals surface area contributed by atoms with E-state index in [0.29, 0.717) is 52.2 Å². The van der Waals surface area contributed by atoms with Gasteiger partial charge in [0.25, 0.3) is 5.19 Å². The van der Waals surface area contributed by atoms with Gasteiger partial charge < -0.3 is 19.1 Å². The zero-order valence-electron chi connectivity index (χ0n) is 17.1. The first-order valence-corrected chi connectivity index (χ1v) is 11.8. The van der Waals surface area contributed by atoms with E-state index in [9.17, 15) is 4.79 Å². The second-order valence-electron chi connectivity index (χ2n) is 7.39. The number of aromatic carboxylic acids is 1. The highest BCUT2D eigenvalue weighted by Gasteiger charge is 2.33. The number of carbonyl (C=O) groups is 1. The topological polar surface area (TPSA) is 108 Å². The van der Waals surface area contributed by atoms with Crippen molar-refractivity contribution in [2.45, 2.75) is 44.6 Å². The van der Waals surface area contributed by atoms with Crippen molar-refractivity contribution in [3.8, 4) is 16.5 Å². The fourth-order valence-electron chi connectivity index (χ4n) is 3.20. The van der Waals surface area contributed by atoms with Crippen LogP contribution in [0.2, 0.25) is 10.0 Å². The van der Waals surface area contributed by atoms with Crippen LogP contribution in [0.25, 0.3) is 11.3 Å². The Morgan fingerprint density at radius 1 is 1.19 bits per heavy atom. The van der Waals surface area contributed by atoms with Gasteiger partial charge in [0.05, 0.1) is 23.3 Å². The Bertz CT molecular complexity index is 1060. The summed E-state index contributed by atoms with van der Waals surface area (Å²) in [7, 11) is 0. The summed E-state index contributed by atoms with van der Waals surface area (Å²) in [4.78, 5) is 18.7. The maximum absolute atomic E-state index is 10.8. The smallest absolute Gasteiger partial charge is 0.355 e. The monoisotopic (exact) mass is 497 g/mol. The quantitative estimate of drug-likeness (QED) is 0.310. The highest BCUT2D eigenvalue weighted by Crippen LogP contribution is 2.45. The molecule has 0 bridgehead atoms. The van der Waals surface area contributed by atoms with E-state index < -0.39 is 5.97 Å². The Morgan fingerprint density at radius 2 is 1.94 bits per heavy atom. The number of carboxylic acids is 1. The van der Waals surface area contributed by atoms with E-state index in [1.807, 2.05) is 0 Å². The number of pyridine rings is 1. The van der Waals surface area contributed by atoms with Crippen LogP contribution in [-0.4, -0.2) is 39.4 Å². The standard InChI is InChI=1S/C21H21Cl2N3O5S/c22-14-8-24-9-15(23)17(14)18-13(19(31-26-18)12-4-5-12)10-29-6-2-1-3-7-30-21-25-16(11-32-21)20(27)28/h8-9,11-12H,1-7,10H2,(H,27,28). The number of unbranched alkanes of at least 4 members (excludes halogenated alkanes) is 2. The molecular weight excluding hydrogens is 477 g/mol. The molecule has 0 saturated heterocycles. The summed E-state index contributed by atoms with van der Waals surface area (Å²) >= 11 is 13.8. The maximum atomic E-state index is 10.8. The van der Waals surface area contributed by atoms with Gasteiger partial charge in [-0.3, -0.25) is 4.98 Å². The van der Waals surface area contributed by atoms with Crippen LogP contribution in [-0.2, 0) is 11.3 Å². The number of hydrogen-bond donors (Lipinski definition) is 1. The summed E-state index contributed by atoms with van der Waals surface area (Å²) < 4.78 is 17.0. The zero-order chi connectivity index (χ0) is 22.5. The predicted octanol–water partition coefficient (Wildman–Crippen LogP) is 5.84. The van der Waals surface area contributed by atoms with Gasteiger partial charge in [0, 0.05) is 41.4 Å². The fourth-order valence-corrected chi connectivity index (χ4v) is 4.41. The first-order valence-electron chi connectivity index (χ1n) is 10.2. The SMILES string of the molecule is O=C(O)c1csc(OCCCCCOCc2c(-c3c(Cl)cncc3Cl)noc2C2CC2)n1. The highest BCUT2D eigenvalue weighted by atomic mass is 35.5. The molecule has 0 atom stereocenters. The minimum atomic E-state index is -1.05. The molecule has 0 amide bonds. The number of hydrogen-bond acceptors (Lipinski definition) is 8. The first kappa shape index (κ1) is 23.0. The lowest BCUT2D eigenvalue weighted by Gasteiger charge is -2.08. The van der Waals surface area contributed by atoms with Crippen molar-refractivity contribution in [1.29, 1.82) is 0 Å². The Balaban J connectivity index is 1.24. The van der Waals surface area contributed by atoms with Crippen molar-refractivity contribution in [3.63, 3.8) is 0 Å². The van der Waals surface area contributed by atoms with E-state index in [-0.39, 0.29) is 5.69 Å². The van der Waals surface area contributed by atoms with Crippen LogP contribution in [0.3, 0.4) is 0 Å². The minimum Gasteiger partial charge on any atom is -0.476 e. The van der Waals surface area contributed by atoms with Gasteiger partial charge in [0.2, 0.25) is 0 Å². The van der Waals surface area contributed by atoms with Gasteiger partial charge in [-0.1, -0.05) is 39.7 Å². The molecule has 1 saturated carbocycles. The van der Waals surface area contributed by atoms with E-state index >= 15 is 0 Å². The molecule has 170 valence electrons. The van der Waals surface area contributed by atoms with Crippen LogP contribution in [0, 0.1) is 0 Å². The summed E-state index contributed by atoms with van der Waals surface area (Å²) in [5.74, 6) is 0.169. The number of ether oxygens (including phenoxy) is 2. The number of nitrogens with zero attached hydrogens (tertiary/aromatic N) is 3. The highest BCUT2D eigenvalue weighted by molar-refractivity contribution is 7.11.